The van der Waals surface area contributed by atoms with Crippen LogP contribution in [0, 0.1) is 11.8 Å². The molecule has 2 rings (SSSR count). The zero-order chi connectivity index (χ0) is 14.9. The van der Waals surface area contributed by atoms with Crippen LogP contribution in [0.3, 0.4) is 0 Å². The maximum absolute atomic E-state index is 12.6. The number of nitrogens with zero attached hydrogens (tertiary/aromatic N) is 1. The topological polar surface area (TPSA) is 32.3 Å². The van der Waals surface area contributed by atoms with Gasteiger partial charge < -0.3 is 4.90 Å². The second kappa shape index (κ2) is 6.15. The summed E-state index contributed by atoms with van der Waals surface area (Å²) < 4.78 is 0. The van der Waals surface area contributed by atoms with Gasteiger partial charge in [-0.05, 0) is 29.5 Å². The van der Waals surface area contributed by atoms with Gasteiger partial charge in [-0.15, -0.1) is 0 Å². The van der Waals surface area contributed by atoms with E-state index in [1.807, 2.05) is 29.2 Å². The first-order chi connectivity index (χ1) is 9.40. The molecule has 0 radical (unpaired) electrons. The van der Waals surface area contributed by atoms with Crippen molar-refractivity contribution < 1.29 is 4.79 Å². The highest BCUT2D eigenvalue weighted by Gasteiger charge is 2.40. The van der Waals surface area contributed by atoms with Crippen LogP contribution in [0.5, 0.6) is 0 Å². The quantitative estimate of drug-likeness (QED) is 0.922. The Kier molecular flexibility index (Phi) is 4.71. The lowest BCUT2D eigenvalue weighted by molar-refractivity contribution is -0.131. The summed E-state index contributed by atoms with van der Waals surface area (Å²) in [5.41, 5.74) is 1.09. The molecule has 0 bridgehead atoms. The molecule has 3 nitrogen and oxygen atoms in total. The molecule has 0 aromatic heterocycles. The maximum Gasteiger partial charge on any atom is 0.241 e. The number of amides is 1. The molecule has 0 aliphatic carbocycles. The highest BCUT2D eigenvalue weighted by molar-refractivity contribution is 6.30. The fourth-order valence-corrected chi connectivity index (χ4v) is 2.75. The van der Waals surface area contributed by atoms with Crippen molar-refractivity contribution in [2.75, 3.05) is 6.54 Å². The summed E-state index contributed by atoms with van der Waals surface area (Å²) in [6.07, 6.45) is -0.0467. The Morgan fingerprint density at radius 3 is 2.30 bits per heavy atom. The van der Waals surface area contributed by atoms with Crippen LogP contribution in [0.25, 0.3) is 0 Å². The number of hydrogen-bond acceptors (Lipinski definition) is 2. The van der Waals surface area contributed by atoms with E-state index in [0.29, 0.717) is 10.9 Å². The van der Waals surface area contributed by atoms with Gasteiger partial charge in [-0.2, -0.15) is 0 Å². The Hall–Kier alpha value is -1.06. The van der Waals surface area contributed by atoms with Crippen LogP contribution in [0.1, 0.15) is 39.4 Å². The molecule has 0 spiro atoms. The van der Waals surface area contributed by atoms with E-state index in [0.717, 1.165) is 12.1 Å². The summed E-state index contributed by atoms with van der Waals surface area (Å²) in [4.78, 5) is 14.5. The predicted molar refractivity (Wildman–Crippen MR) is 82.5 cm³/mol. The molecule has 1 saturated heterocycles. The van der Waals surface area contributed by atoms with Crippen molar-refractivity contribution in [3.8, 4) is 0 Å². The van der Waals surface area contributed by atoms with Gasteiger partial charge in [-0.3, -0.25) is 10.1 Å². The van der Waals surface area contributed by atoms with Gasteiger partial charge in [0.25, 0.3) is 0 Å². The van der Waals surface area contributed by atoms with Crippen molar-refractivity contribution in [1.82, 2.24) is 10.2 Å². The molecule has 1 aliphatic heterocycles. The largest absolute Gasteiger partial charge is 0.321 e. The number of carbonyl (C=O) groups is 1. The lowest BCUT2D eigenvalue weighted by Gasteiger charge is -2.26. The summed E-state index contributed by atoms with van der Waals surface area (Å²) in [5, 5.41) is 4.18. The molecule has 2 atom stereocenters. The minimum absolute atomic E-state index is 0.0467. The number of halogens is 1. The van der Waals surface area contributed by atoms with E-state index in [1.54, 1.807) is 0 Å². The summed E-state index contributed by atoms with van der Waals surface area (Å²) in [6, 6.07) is 7.63. The molecular formula is C16H23ClN2O. The lowest BCUT2D eigenvalue weighted by Crippen LogP contribution is -2.35. The lowest BCUT2D eigenvalue weighted by atomic mass is 10.0. The number of benzene rings is 1. The summed E-state index contributed by atoms with van der Waals surface area (Å²) >= 11 is 5.95. The molecule has 1 N–H and O–H groups in total. The average Bonchev–Trinajstić information content (AvgIpc) is 2.68. The van der Waals surface area contributed by atoms with Crippen LogP contribution in [-0.4, -0.2) is 23.4 Å². The third-order valence-electron chi connectivity index (χ3n) is 3.61. The molecule has 2 unspecified atom stereocenters. The fraction of sp³-hybridized carbons (Fsp3) is 0.562. The Labute approximate surface area is 126 Å². The first-order valence-corrected chi connectivity index (χ1v) is 7.60. The van der Waals surface area contributed by atoms with Gasteiger partial charge in [0.2, 0.25) is 5.91 Å². The standard InChI is InChI=1S/C16H23ClN2O/c1-10(2)9-19-15(12-5-7-13(17)8-6-12)18-14(11(3)4)16(19)20/h5-8,10-11,14-15,18H,9H2,1-4H3. The molecule has 1 aromatic carbocycles. The summed E-state index contributed by atoms with van der Waals surface area (Å²) in [7, 11) is 0. The van der Waals surface area contributed by atoms with Gasteiger partial charge in [0.1, 0.15) is 6.17 Å². The normalized spacial score (nSPS) is 23.1. The molecule has 1 amide bonds. The highest BCUT2D eigenvalue weighted by Crippen LogP contribution is 2.29. The van der Waals surface area contributed by atoms with Crippen LogP contribution >= 0.6 is 11.6 Å². The average molecular weight is 295 g/mol. The summed E-state index contributed by atoms with van der Waals surface area (Å²) in [5.74, 6) is 0.935. The van der Waals surface area contributed by atoms with Crippen molar-refractivity contribution in [2.45, 2.75) is 39.9 Å². The SMILES string of the molecule is CC(C)CN1C(=O)C(C(C)C)NC1c1ccc(Cl)cc1. The van der Waals surface area contributed by atoms with Crippen molar-refractivity contribution in [3.05, 3.63) is 34.9 Å². The van der Waals surface area contributed by atoms with Crippen molar-refractivity contribution in [3.63, 3.8) is 0 Å². The third-order valence-corrected chi connectivity index (χ3v) is 3.86. The maximum atomic E-state index is 12.6. The third kappa shape index (κ3) is 3.15. The van der Waals surface area contributed by atoms with E-state index in [4.69, 9.17) is 11.6 Å². The molecule has 1 aromatic rings. The Balaban J connectivity index is 2.28. The van der Waals surface area contributed by atoms with Crippen LogP contribution in [-0.2, 0) is 4.79 Å². The fourth-order valence-electron chi connectivity index (χ4n) is 2.62. The molecule has 4 heteroatoms. The van der Waals surface area contributed by atoms with E-state index >= 15 is 0 Å². The smallest absolute Gasteiger partial charge is 0.241 e. The zero-order valence-corrected chi connectivity index (χ0v) is 13.3. The van der Waals surface area contributed by atoms with Gasteiger partial charge in [0, 0.05) is 11.6 Å². The van der Waals surface area contributed by atoms with Crippen LogP contribution in [0.2, 0.25) is 5.02 Å². The number of carbonyl (C=O) groups excluding carboxylic acids is 1. The zero-order valence-electron chi connectivity index (χ0n) is 12.6. The van der Waals surface area contributed by atoms with Gasteiger partial charge >= 0.3 is 0 Å². The van der Waals surface area contributed by atoms with Crippen molar-refractivity contribution in [1.29, 1.82) is 0 Å². The molecule has 110 valence electrons. The van der Waals surface area contributed by atoms with E-state index in [1.165, 1.54) is 0 Å². The first-order valence-electron chi connectivity index (χ1n) is 7.22. The number of hydrogen-bond donors (Lipinski definition) is 1. The van der Waals surface area contributed by atoms with E-state index in [-0.39, 0.29) is 24.0 Å². The van der Waals surface area contributed by atoms with Crippen LogP contribution in [0.15, 0.2) is 24.3 Å². The van der Waals surface area contributed by atoms with Gasteiger partial charge in [-0.1, -0.05) is 51.4 Å². The van der Waals surface area contributed by atoms with Crippen molar-refractivity contribution in [2.24, 2.45) is 11.8 Å². The Bertz CT molecular complexity index is 470. The predicted octanol–water partition coefficient (Wildman–Crippen LogP) is 3.45. The second-order valence-electron chi connectivity index (χ2n) is 6.23. The van der Waals surface area contributed by atoms with Gasteiger partial charge in [0.15, 0.2) is 0 Å². The monoisotopic (exact) mass is 294 g/mol. The Morgan fingerprint density at radius 2 is 1.80 bits per heavy atom. The van der Waals surface area contributed by atoms with Crippen molar-refractivity contribution >= 4 is 17.5 Å². The molecule has 1 heterocycles. The second-order valence-corrected chi connectivity index (χ2v) is 6.66. The Morgan fingerprint density at radius 1 is 1.20 bits per heavy atom. The minimum atomic E-state index is -0.102. The molecule has 1 aliphatic rings. The van der Waals surface area contributed by atoms with E-state index in [2.05, 4.69) is 33.0 Å². The van der Waals surface area contributed by atoms with Crippen LogP contribution < -0.4 is 5.32 Å². The number of nitrogens with one attached hydrogen (secondary N) is 1. The minimum Gasteiger partial charge on any atom is -0.321 e. The summed E-state index contributed by atoms with van der Waals surface area (Å²) in [6.45, 7) is 9.19. The highest BCUT2D eigenvalue weighted by atomic mass is 35.5. The molecule has 20 heavy (non-hydrogen) atoms. The van der Waals surface area contributed by atoms with E-state index in [9.17, 15) is 4.79 Å². The van der Waals surface area contributed by atoms with Crippen LogP contribution in [0.4, 0.5) is 0 Å². The van der Waals surface area contributed by atoms with Gasteiger partial charge in [0.05, 0.1) is 6.04 Å². The first kappa shape index (κ1) is 15.3. The number of rotatable bonds is 4. The molecule has 1 fully saturated rings. The van der Waals surface area contributed by atoms with Gasteiger partial charge in [-0.25, -0.2) is 0 Å². The molecule has 0 saturated carbocycles. The molecular weight excluding hydrogens is 272 g/mol. The van der Waals surface area contributed by atoms with E-state index < -0.39 is 0 Å².